The fourth-order valence-corrected chi connectivity index (χ4v) is 3.17. The summed E-state index contributed by atoms with van der Waals surface area (Å²) in [4.78, 5) is 16.2. The maximum atomic E-state index is 12.2. The Kier molecular flexibility index (Phi) is 6.14. The Morgan fingerprint density at radius 3 is 2.40 bits per heavy atom. The van der Waals surface area contributed by atoms with E-state index in [-0.39, 0.29) is 12.5 Å². The molecular weight excluding hydrogens is 338 g/mol. The van der Waals surface area contributed by atoms with Crippen LogP contribution in [0.25, 0.3) is 0 Å². The summed E-state index contributed by atoms with van der Waals surface area (Å²) < 4.78 is 25.3. The molecule has 0 fully saturated rings. The molecule has 0 unspecified atom stereocenters. The minimum absolute atomic E-state index is 0.264. The predicted octanol–water partition coefficient (Wildman–Crippen LogP) is 2.29. The van der Waals surface area contributed by atoms with Gasteiger partial charge < -0.3 is 5.32 Å². The van der Waals surface area contributed by atoms with Gasteiger partial charge in [0.1, 0.15) is 6.54 Å². The first-order chi connectivity index (χ1) is 11.8. The van der Waals surface area contributed by atoms with Crippen LogP contribution in [-0.4, -0.2) is 32.1 Å². The molecule has 0 radical (unpaired) electrons. The number of anilines is 1. The van der Waals surface area contributed by atoms with E-state index in [0.717, 1.165) is 21.7 Å². The zero-order valence-corrected chi connectivity index (χ0v) is 15.5. The fourth-order valence-electron chi connectivity index (χ4n) is 2.32. The Morgan fingerprint density at radius 2 is 1.88 bits per heavy atom. The molecular formula is C18H23N3O3S. The van der Waals surface area contributed by atoms with E-state index in [4.69, 9.17) is 0 Å². The third-order valence-corrected chi connectivity index (χ3v) is 4.89. The molecule has 7 heteroatoms. The average Bonchev–Trinajstić information content (AvgIpc) is 2.58. The monoisotopic (exact) mass is 361 g/mol. The highest BCUT2D eigenvalue weighted by atomic mass is 32.2. The molecule has 0 aliphatic heterocycles. The van der Waals surface area contributed by atoms with Gasteiger partial charge in [-0.05, 0) is 35.2 Å². The summed E-state index contributed by atoms with van der Waals surface area (Å²) in [6.45, 7) is 4.17. The van der Waals surface area contributed by atoms with Crippen molar-refractivity contribution in [1.29, 1.82) is 0 Å². The van der Waals surface area contributed by atoms with Gasteiger partial charge in [-0.3, -0.25) is 14.1 Å². The topological polar surface area (TPSA) is 79.4 Å². The lowest BCUT2D eigenvalue weighted by Crippen LogP contribution is -2.40. The zero-order chi connectivity index (χ0) is 18.4. The van der Waals surface area contributed by atoms with Crippen LogP contribution in [0.2, 0.25) is 0 Å². The summed E-state index contributed by atoms with van der Waals surface area (Å²) in [6.07, 6.45) is 4.40. The van der Waals surface area contributed by atoms with E-state index in [2.05, 4.69) is 24.1 Å². The molecule has 0 bridgehead atoms. The van der Waals surface area contributed by atoms with E-state index < -0.39 is 10.0 Å². The molecule has 1 aromatic carbocycles. The number of benzene rings is 1. The van der Waals surface area contributed by atoms with Crippen molar-refractivity contribution in [3.8, 4) is 0 Å². The average molecular weight is 361 g/mol. The number of rotatable bonds is 7. The molecule has 25 heavy (non-hydrogen) atoms. The first-order valence-electron chi connectivity index (χ1n) is 8.00. The lowest BCUT2D eigenvalue weighted by atomic mass is 10.0. The van der Waals surface area contributed by atoms with Crippen LogP contribution in [0.3, 0.4) is 0 Å². The van der Waals surface area contributed by atoms with Crippen molar-refractivity contribution in [3.63, 3.8) is 0 Å². The van der Waals surface area contributed by atoms with Gasteiger partial charge in [0.05, 0.1) is 11.9 Å². The highest BCUT2D eigenvalue weighted by Gasteiger charge is 2.20. The van der Waals surface area contributed by atoms with Crippen molar-refractivity contribution in [1.82, 2.24) is 10.3 Å². The maximum Gasteiger partial charge on any atom is 0.241 e. The molecule has 2 aromatic rings. The highest BCUT2D eigenvalue weighted by molar-refractivity contribution is 7.92. The van der Waals surface area contributed by atoms with Gasteiger partial charge in [0, 0.05) is 18.9 Å². The predicted molar refractivity (Wildman–Crippen MR) is 98.8 cm³/mol. The smallest absolute Gasteiger partial charge is 0.241 e. The number of carbonyl (C=O) groups excluding carboxylic acids is 1. The second kappa shape index (κ2) is 8.11. The van der Waals surface area contributed by atoms with Gasteiger partial charge >= 0.3 is 0 Å². The van der Waals surface area contributed by atoms with Crippen molar-refractivity contribution in [2.24, 2.45) is 0 Å². The molecule has 0 aliphatic rings. The summed E-state index contributed by atoms with van der Waals surface area (Å²) in [5.74, 6) is -0.0225. The number of hydrogen-bond acceptors (Lipinski definition) is 4. The number of aromatic nitrogens is 1. The SMILES string of the molecule is CC(C)c1ccc(N(CC(=O)NCc2cccnc2)S(C)(=O)=O)cc1. The van der Waals surface area contributed by atoms with Crippen LogP contribution in [-0.2, 0) is 21.4 Å². The summed E-state index contributed by atoms with van der Waals surface area (Å²) >= 11 is 0. The van der Waals surface area contributed by atoms with Crippen LogP contribution in [0.15, 0.2) is 48.8 Å². The van der Waals surface area contributed by atoms with Crippen LogP contribution in [0.1, 0.15) is 30.9 Å². The van der Waals surface area contributed by atoms with E-state index in [1.807, 2.05) is 18.2 Å². The summed E-state index contributed by atoms with van der Waals surface area (Å²) in [5.41, 5.74) is 2.43. The minimum atomic E-state index is -3.57. The number of amides is 1. The zero-order valence-electron chi connectivity index (χ0n) is 14.6. The standard InChI is InChI=1S/C18H23N3O3S/c1-14(2)16-6-8-17(9-7-16)21(25(3,23)24)13-18(22)20-12-15-5-4-10-19-11-15/h4-11,14H,12-13H2,1-3H3,(H,20,22). The third kappa shape index (κ3) is 5.56. The Hall–Kier alpha value is -2.41. The van der Waals surface area contributed by atoms with Gasteiger partial charge in [-0.2, -0.15) is 0 Å². The molecule has 0 saturated heterocycles. The molecule has 1 heterocycles. The summed E-state index contributed by atoms with van der Waals surface area (Å²) in [7, 11) is -3.57. The maximum absolute atomic E-state index is 12.2. The second-order valence-electron chi connectivity index (χ2n) is 6.15. The van der Waals surface area contributed by atoms with Crippen molar-refractivity contribution < 1.29 is 13.2 Å². The molecule has 1 aromatic heterocycles. The van der Waals surface area contributed by atoms with E-state index in [9.17, 15) is 13.2 Å². The van der Waals surface area contributed by atoms with E-state index in [0.29, 0.717) is 18.2 Å². The Balaban J connectivity index is 2.09. The fraction of sp³-hybridized carbons (Fsp3) is 0.333. The number of sulfonamides is 1. The largest absolute Gasteiger partial charge is 0.350 e. The normalized spacial score (nSPS) is 11.4. The van der Waals surface area contributed by atoms with E-state index in [1.54, 1.807) is 30.6 Å². The Morgan fingerprint density at radius 1 is 1.20 bits per heavy atom. The first kappa shape index (κ1) is 18.9. The second-order valence-corrected chi connectivity index (χ2v) is 8.06. The minimum Gasteiger partial charge on any atom is -0.350 e. The van der Waals surface area contributed by atoms with Crippen LogP contribution in [0, 0.1) is 0 Å². The number of hydrogen-bond donors (Lipinski definition) is 1. The molecule has 0 aliphatic carbocycles. The lowest BCUT2D eigenvalue weighted by Gasteiger charge is -2.22. The van der Waals surface area contributed by atoms with Crippen LogP contribution in [0.5, 0.6) is 0 Å². The highest BCUT2D eigenvalue weighted by Crippen LogP contribution is 2.21. The lowest BCUT2D eigenvalue weighted by molar-refractivity contribution is -0.119. The molecule has 1 N–H and O–H groups in total. The number of nitrogens with one attached hydrogen (secondary N) is 1. The molecule has 0 saturated carbocycles. The van der Waals surface area contributed by atoms with Gasteiger partial charge in [-0.15, -0.1) is 0 Å². The van der Waals surface area contributed by atoms with Crippen molar-refractivity contribution in [2.75, 3.05) is 17.1 Å². The quantitative estimate of drug-likeness (QED) is 0.821. The van der Waals surface area contributed by atoms with Crippen LogP contribution < -0.4 is 9.62 Å². The molecule has 134 valence electrons. The van der Waals surface area contributed by atoms with E-state index >= 15 is 0 Å². The van der Waals surface area contributed by atoms with Crippen molar-refractivity contribution in [2.45, 2.75) is 26.3 Å². The van der Waals surface area contributed by atoms with Crippen molar-refractivity contribution in [3.05, 3.63) is 59.9 Å². The molecule has 0 spiro atoms. The van der Waals surface area contributed by atoms with Gasteiger partial charge in [-0.25, -0.2) is 8.42 Å². The van der Waals surface area contributed by atoms with Gasteiger partial charge in [-0.1, -0.05) is 32.0 Å². The van der Waals surface area contributed by atoms with E-state index in [1.165, 1.54) is 0 Å². The van der Waals surface area contributed by atoms with Gasteiger partial charge in [0.15, 0.2) is 0 Å². The van der Waals surface area contributed by atoms with Gasteiger partial charge in [0.25, 0.3) is 0 Å². The Labute approximate surface area is 148 Å². The number of pyridine rings is 1. The number of nitrogens with zero attached hydrogens (tertiary/aromatic N) is 2. The van der Waals surface area contributed by atoms with Crippen molar-refractivity contribution >= 4 is 21.6 Å². The third-order valence-electron chi connectivity index (χ3n) is 3.75. The van der Waals surface area contributed by atoms with Gasteiger partial charge in [0.2, 0.25) is 15.9 Å². The molecule has 6 nitrogen and oxygen atoms in total. The van der Waals surface area contributed by atoms with Crippen LogP contribution in [0.4, 0.5) is 5.69 Å². The molecule has 0 atom stereocenters. The Bertz CT molecular complexity index is 803. The number of carbonyl (C=O) groups is 1. The molecule has 1 amide bonds. The summed E-state index contributed by atoms with van der Waals surface area (Å²) in [5, 5.41) is 2.72. The van der Waals surface area contributed by atoms with Crippen LogP contribution >= 0.6 is 0 Å². The molecule has 2 rings (SSSR count). The first-order valence-corrected chi connectivity index (χ1v) is 9.85. The summed E-state index contributed by atoms with van der Waals surface area (Å²) in [6, 6.07) is 10.8.